The van der Waals surface area contributed by atoms with E-state index in [0.717, 1.165) is 11.5 Å². The molecule has 10 nitrogen and oxygen atoms in total. The van der Waals surface area contributed by atoms with Crippen molar-refractivity contribution in [1.29, 1.82) is 5.41 Å². The quantitative estimate of drug-likeness (QED) is 0.247. The first-order valence-corrected chi connectivity index (χ1v) is 11.1. The van der Waals surface area contributed by atoms with Crippen molar-refractivity contribution in [2.75, 3.05) is 24.2 Å². The van der Waals surface area contributed by atoms with Crippen LogP contribution in [0.1, 0.15) is 22.6 Å². The lowest BCUT2D eigenvalue weighted by Gasteiger charge is -2.13. The van der Waals surface area contributed by atoms with Crippen molar-refractivity contribution in [3.8, 4) is 17.2 Å². The predicted molar refractivity (Wildman–Crippen MR) is 133 cm³/mol. The number of halogens is 1. The van der Waals surface area contributed by atoms with Crippen LogP contribution < -0.4 is 20.5 Å². The van der Waals surface area contributed by atoms with Crippen LogP contribution in [0, 0.1) is 18.2 Å². The molecule has 0 radical (unpaired) electrons. The number of rotatable bonds is 10. The Bertz CT molecular complexity index is 1370. The second kappa shape index (κ2) is 10.8. The molecule has 0 saturated carbocycles. The minimum Gasteiger partial charge on any atom is -0.487 e. The van der Waals surface area contributed by atoms with Crippen molar-refractivity contribution in [3.63, 3.8) is 0 Å². The van der Waals surface area contributed by atoms with Gasteiger partial charge in [-0.2, -0.15) is 0 Å². The van der Waals surface area contributed by atoms with E-state index in [4.69, 9.17) is 25.7 Å². The van der Waals surface area contributed by atoms with E-state index in [1.54, 1.807) is 36.5 Å². The van der Waals surface area contributed by atoms with Gasteiger partial charge in [0.2, 0.25) is 0 Å². The van der Waals surface area contributed by atoms with Gasteiger partial charge in [-0.25, -0.2) is 19.3 Å². The summed E-state index contributed by atoms with van der Waals surface area (Å²) in [5, 5.41) is 20.6. The zero-order valence-corrected chi connectivity index (χ0v) is 19.8. The molecule has 0 saturated heterocycles. The van der Waals surface area contributed by atoms with Gasteiger partial charge in [0, 0.05) is 37.4 Å². The number of aliphatic hydroxyl groups is 1. The molecule has 0 atom stereocenters. The Kier molecular flexibility index (Phi) is 7.40. The molecule has 36 heavy (non-hydrogen) atoms. The maximum absolute atomic E-state index is 14.2. The molecule has 0 amide bonds. The van der Waals surface area contributed by atoms with Crippen LogP contribution in [0.15, 0.2) is 55.0 Å². The van der Waals surface area contributed by atoms with E-state index in [1.165, 1.54) is 18.5 Å². The second-order valence-electron chi connectivity index (χ2n) is 7.90. The molecule has 0 aliphatic carbocycles. The zero-order chi connectivity index (χ0) is 25.7. The molecule has 0 unspecified atom stereocenters. The van der Waals surface area contributed by atoms with Crippen LogP contribution in [0.2, 0.25) is 0 Å². The van der Waals surface area contributed by atoms with Gasteiger partial charge in [0.05, 0.1) is 29.8 Å². The molecule has 4 rings (SSSR count). The average molecular weight is 492 g/mol. The highest BCUT2D eigenvalue weighted by Crippen LogP contribution is 2.29. The zero-order valence-electron chi connectivity index (χ0n) is 19.8. The summed E-state index contributed by atoms with van der Waals surface area (Å²) >= 11 is 0. The van der Waals surface area contributed by atoms with Gasteiger partial charge in [-0.15, -0.1) is 0 Å². The number of aromatic nitrogens is 4. The predicted octanol–water partition coefficient (Wildman–Crippen LogP) is 3.43. The van der Waals surface area contributed by atoms with Crippen LogP contribution in [0.4, 0.5) is 16.0 Å². The number of aryl methyl sites for hydroxylation is 1. The maximum atomic E-state index is 14.2. The first kappa shape index (κ1) is 24.6. The SMILES string of the molecule is Cc1ncc(COc2cc(F)cc(Oc3ccc(C(=N)c4c(N)ncnc4NCCO)cc3)c2)n1C. The van der Waals surface area contributed by atoms with Crippen molar-refractivity contribution in [2.45, 2.75) is 13.5 Å². The highest BCUT2D eigenvalue weighted by Gasteiger charge is 2.16. The highest BCUT2D eigenvalue weighted by molar-refractivity contribution is 6.16. The van der Waals surface area contributed by atoms with Crippen molar-refractivity contribution in [2.24, 2.45) is 7.05 Å². The van der Waals surface area contributed by atoms with Crippen LogP contribution in [0.3, 0.4) is 0 Å². The molecule has 4 aromatic rings. The van der Waals surface area contributed by atoms with Crippen LogP contribution in [0.5, 0.6) is 17.2 Å². The van der Waals surface area contributed by atoms with Gasteiger partial charge < -0.3 is 30.2 Å². The number of anilines is 2. The molecule has 5 N–H and O–H groups in total. The van der Waals surface area contributed by atoms with E-state index >= 15 is 0 Å². The summed E-state index contributed by atoms with van der Waals surface area (Å²) in [6.45, 7) is 2.28. The second-order valence-corrected chi connectivity index (χ2v) is 7.90. The molecule has 11 heteroatoms. The van der Waals surface area contributed by atoms with Crippen LogP contribution >= 0.6 is 0 Å². The minimum absolute atomic E-state index is 0.0987. The van der Waals surface area contributed by atoms with Gasteiger partial charge in [0.15, 0.2) is 0 Å². The third kappa shape index (κ3) is 5.58. The number of aliphatic hydroxyl groups excluding tert-OH is 1. The molecule has 0 bridgehead atoms. The number of hydrogen-bond donors (Lipinski definition) is 4. The van der Waals surface area contributed by atoms with Crippen molar-refractivity contribution in [3.05, 3.63) is 83.5 Å². The van der Waals surface area contributed by atoms with Gasteiger partial charge >= 0.3 is 0 Å². The first-order chi connectivity index (χ1) is 17.4. The fourth-order valence-corrected chi connectivity index (χ4v) is 3.44. The number of imidazole rings is 1. The maximum Gasteiger partial charge on any atom is 0.141 e. The lowest BCUT2D eigenvalue weighted by molar-refractivity contribution is 0.293. The molecular weight excluding hydrogens is 465 g/mol. The smallest absolute Gasteiger partial charge is 0.141 e. The molecule has 2 heterocycles. The van der Waals surface area contributed by atoms with E-state index in [-0.39, 0.29) is 37.0 Å². The molecule has 0 aliphatic heterocycles. The van der Waals surface area contributed by atoms with Crippen LogP contribution in [-0.4, -0.2) is 43.5 Å². The summed E-state index contributed by atoms with van der Waals surface area (Å²) in [6, 6.07) is 10.8. The Morgan fingerprint density at radius 3 is 2.56 bits per heavy atom. The van der Waals surface area contributed by atoms with Crippen molar-refractivity contribution in [1.82, 2.24) is 19.5 Å². The van der Waals surface area contributed by atoms with Crippen LogP contribution in [0.25, 0.3) is 0 Å². The first-order valence-electron chi connectivity index (χ1n) is 11.1. The average Bonchev–Trinajstić information content (AvgIpc) is 3.18. The summed E-state index contributed by atoms with van der Waals surface area (Å²) in [7, 11) is 1.89. The van der Waals surface area contributed by atoms with Gasteiger partial charge in [0.25, 0.3) is 0 Å². The summed E-state index contributed by atoms with van der Waals surface area (Å²) < 4.78 is 27.7. The molecule has 2 aromatic carbocycles. The third-order valence-corrected chi connectivity index (χ3v) is 5.46. The van der Waals surface area contributed by atoms with E-state index < -0.39 is 5.82 Å². The largest absolute Gasteiger partial charge is 0.487 e. The Morgan fingerprint density at radius 2 is 1.86 bits per heavy atom. The Labute approximate surface area is 207 Å². The highest BCUT2D eigenvalue weighted by atomic mass is 19.1. The third-order valence-electron chi connectivity index (χ3n) is 5.46. The van der Waals surface area contributed by atoms with Gasteiger partial charge in [-0.3, -0.25) is 5.41 Å². The number of nitrogens with one attached hydrogen (secondary N) is 2. The lowest BCUT2D eigenvalue weighted by atomic mass is 10.0. The number of nitrogens with zero attached hydrogens (tertiary/aromatic N) is 4. The Hall–Kier alpha value is -4.51. The van der Waals surface area contributed by atoms with Crippen molar-refractivity contribution < 1.29 is 19.0 Å². The monoisotopic (exact) mass is 491 g/mol. The number of benzene rings is 2. The van der Waals surface area contributed by atoms with E-state index in [1.807, 2.05) is 18.5 Å². The van der Waals surface area contributed by atoms with E-state index in [9.17, 15) is 4.39 Å². The molecule has 0 fully saturated rings. The number of nitrogen functional groups attached to an aromatic ring is 1. The molecular formula is C25H26FN7O3. The molecule has 0 aliphatic rings. The Balaban J connectivity index is 1.47. The Morgan fingerprint density at radius 1 is 1.11 bits per heavy atom. The summed E-state index contributed by atoms with van der Waals surface area (Å²) in [5.74, 6) is 1.90. The number of nitrogens with two attached hydrogens (primary N) is 1. The fraction of sp³-hybridized carbons (Fsp3) is 0.200. The number of ether oxygens (including phenoxy) is 2. The topological polar surface area (TPSA) is 144 Å². The lowest BCUT2D eigenvalue weighted by Crippen LogP contribution is -2.15. The number of hydrogen-bond acceptors (Lipinski definition) is 9. The molecule has 2 aromatic heterocycles. The van der Waals surface area contributed by atoms with Crippen LogP contribution in [-0.2, 0) is 13.7 Å². The van der Waals surface area contributed by atoms with Gasteiger partial charge in [0.1, 0.15) is 53.5 Å². The summed E-state index contributed by atoms with van der Waals surface area (Å²) in [4.78, 5) is 12.3. The molecule has 186 valence electrons. The fourth-order valence-electron chi connectivity index (χ4n) is 3.44. The minimum atomic E-state index is -0.496. The standard InChI is InChI=1S/C25H26FN7O3/c1-15-30-12-18(33(15)2)13-35-20-9-17(26)10-21(11-20)36-19-5-3-16(4-6-19)23(27)22-24(28)31-14-32-25(22)29-7-8-34/h3-6,9-12,14,27,34H,7-8,13H2,1-2H3,(H3,28,29,31,32). The molecule has 0 spiro atoms. The normalized spacial score (nSPS) is 10.8. The van der Waals surface area contributed by atoms with Gasteiger partial charge in [-0.05, 0) is 31.2 Å². The summed E-state index contributed by atoms with van der Waals surface area (Å²) in [6.07, 6.45) is 3.00. The van der Waals surface area contributed by atoms with Gasteiger partial charge in [-0.1, -0.05) is 0 Å². The summed E-state index contributed by atoms with van der Waals surface area (Å²) in [5.41, 5.74) is 7.83. The van der Waals surface area contributed by atoms with E-state index in [0.29, 0.717) is 28.4 Å². The van der Waals surface area contributed by atoms with Crippen molar-refractivity contribution >= 4 is 17.3 Å². The van der Waals surface area contributed by atoms with E-state index in [2.05, 4.69) is 20.3 Å².